The zero-order chi connectivity index (χ0) is 17.1. The molecule has 0 saturated carbocycles. The molecule has 2 N–H and O–H groups in total. The highest BCUT2D eigenvalue weighted by atomic mass is 32.2. The first-order valence-corrected chi connectivity index (χ1v) is 6.97. The zero-order valence-electron chi connectivity index (χ0n) is 10.6. The Kier molecular flexibility index (Phi) is 5.09. The van der Waals surface area contributed by atoms with Gasteiger partial charge in [-0.2, -0.15) is 17.9 Å². The fraction of sp³-hybridized carbons (Fsp3) is 0.300. The maximum Gasteiger partial charge on any atom is 0.511 e. The number of carboxylic acid groups (broad SMARTS) is 1. The first-order valence-electron chi connectivity index (χ1n) is 5.49. The molecule has 12 heteroatoms. The second-order valence-corrected chi connectivity index (χ2v) is 5.79. The Bertz CT molecular complexity index is 671. The predicted molar refractivity (Wildman–Crippen MR) is 66.3 cm³/mol. The number of hydrogen-bond donors (Lipinski definition) is 2. The van der Waals surface area contributed by atoms with Crippen molar-refractivity contribution in [1.29, 1.82) is 0 Å². The van der Waals surface area contributed by atoms with Crippen LogP contribution in [-0.2, 0) is 21.2 Å². The number of benzene rings is 1. The zero-order valence-corrected chi connectivity index (χ0v) is 11.4. The van der Waals surface area contributed by atoms with Crippen LogP contribution in [0.25, 0.3) is 0 Å². The highest BCUT2D eigenvalue weighted by Crippen LogP contribution is 2.22. The Labute approximate surface area is 121 Å². The second-order valence-electron chi connectivity index (χ2n) is 4.09. The van der Waals surface area contributed by atoms with Crippen molar-refractivity contribution in [3.63, 3.8) is 0 Å². The van der Waals surface area contributed by atoms with Gasteiger partial charge in [-0.15, -0.1) is 0 Å². The van der Waals surface area contributed by atoms with Gasteiger partial charge in [-0.3, -0.25) is 14.9 Å². The number of carboxylic acids is 1. The van der Waals surface area contributed by atoms with Gasteiger partial charge in [0.25, 0.3) is 5.69 Å². The maximum absolute atomic E-state index is 12.2. The Balaban J connectivity index is 2.94. The van der Waals surface area contributed by atoms with Crippen molar-refractivity contribution < 1.29 is 36.4 Å². The van der Waals surface area contributed by atoms with Crippen molar-refractivity contribution in [1.82, 2.24) is 4.72 Å². The number of nitrogens with zero attached hydrogens (tertiary/aromatic N) is 1. The van der Waals surface area contributed by atoms with Crippen LogP contribution in [0.3, 0.4) is 0 Å². The van der Waals surface area contributed by atoms with Crippen molar-refractivity contribution in [2.45, 2.75) is 18.0 Å². The number of carbonyl (C=O) groups is 1. The lowest BCUT2D eigenvalue weighted by molar-refractivity contribution is -0.384. The van der Waals surface area contributed by atoms with Crippen LogP contribution < -0.4 is 4.72 Å². The van der Waals surface area contributed by atoms with Crippen molar-refractivity contribution in [3.05, 3.63) is 39.9 Å². The fourth-order valence-electron chi connectivity index (χ4n) is 1.42. The van der Waals surface area contributed by atoms with Crippen LogP contribution in [0.15, 0.2) is 24.3 Å². The molecule has 0 aliphatic rings. The Hall–Kier alpha value is -2.21. The summed E-state index contributed by atoms with van der Waals surface area (Å²) in [6.45, 7) is 0. The van der Waals surface area contributed by atoms with E-state index in [1.54, 1.807) is 0 Å². The molecule has 0 saturated heterocycles. The molecule has 0 spiro atoms. The van der Waals surface area contributed by atoms with Crippen molar-refractivity contribution in [3.8, 4) is 0 Å². The molecule has 1 rings (SSSR count). The third kappa shape index (κ3) is 4.39. The minimum absolute atomic E-state index is 0.114. The van der Waals surface area contributed by atoms with Crippen LogP contribution in [0.5, 0.6) is 0 Å². The molecule has 1 aromatic rings. The average Bonchev–Trinajstić information content (AvgIpc) is 2.36. The minimum atomic E-state index is -5.82. The van der Waals surface area contributed by atoms with Crippen molar-refractivity contribution in [2.75, 3.05) is 0 Å². The molecule has 0 aliphatic heterocycles. The molecule has 0 aromatic heterocycles. The summed E-state index contributed by atoms with van der Waals surface area (Å²) in [4.78, 5) is 20.6. The summed E-state index contributed by atoms with van der Waals surface area (Å²) in [5.41, 5.74) is -5.83. The number of nitro groups is 1. The fourth-order valence-corrected chi connectivity index (χ4v) is 2.12. The molecule has 0 heterocycles. The van der Waals surface area contributed by atoms with Gasteiger partial charge in [0.1, 0.15) is 6.04 Å². The molecule has 1 aromatic carbocycles. The predicted octanol–water partition coefficient (Wildman–Crippen LogP) is 1.03. The summed E-state index contributed by atoms with van der Waals surface area (Å²) in [5.74, 6) is -1.81. The molecule has 0 aliphatic carbocycles. The molecule has 0 unspecified atom stereocenters. The van der Waals surface area contributed by atoms with Crippen molar-refractivity contribution >= 4 is 21.7 Å². The van der Waals surface area contributed by atoms with E-state index in [1.165, 1.54) is 0 Å². The normalized spacial score (nSPS) is 13.6. The lowest BCUT2D eigenvalue weighted by Crippen LogP contribution is -2.47. The highest BCUT2D eigenvalue weighted by molar-refractivity contribution is 7.90. The van der Waals surface area contributed by atoms with Crippen LogP contribution in [0.4, 0.5) is 18.9 Å². The quantitative estimate of drug-likeness (QED) is 0.587. The lowest BCUT2D eigenvalue weighted by Gasteiger charge is -2.16. The van der Waals surface area contributed by atoms with Crippen LogP contribution in [-0.4, -0.2) is 36.0 Å². The highest BCUT2D eigenvalue weighted by Gasteiger charge is 2.47. The van der Waals surface area contributed by atoms with Gasteiger partial charge in [-0.1, -0.05) is 12.1 Å². The van der Waals surface area contributed by atoms with E-state index in [1.807, 2.05) is 0 Å². The van der Waals surface area contributed by atoms with Gasteiger partial charge < -0.3 is 5.11 Å². The number of aliphatic carboxylic acids is 1. The second kappa shape index (κ2) is 6.27. The first-order chi connectivity index (χ1) is 9.94. The lowest BCUT2D eigenvalue weighted by atomic mass is 10.1. The summed E-state index contributed by atoms with van der Waals surface area (Å²) in [5, 5.41) is 19.2. The summed E-state index contributed by atoms with van der Waals surface area (Å²) in [6.07, 6.45) is -0.608. The monoisotopic (exact) mass is 342 g/mol. The van der Waals surface area contributed by atoms with Crippen LogP contribution in [0.2, 0.25) is 0 Å². The van der Waals surface area contributed by atoms with Gasteiger partial charge in [-0.25, -0.2) is 8.42 Å². The smallest absolute Gasteiger partial charge is 0.480 e. The number of rotatable bonds is 6. The third-order valence-corrected chi connectivity index (χ3v) is 3.69. The van der Waals surface area contributed by atoms with E-state index in [-0.39, 0.29) is 11.3 Å². The Morgan fingerprint density at radius 3 is 2.18 bits per heavy atom. The standard InChI is InChI=1S/C10H9F3N2O6S/c11-10(12,13)22(20,21)14-8(9(16)17)5-6-1-3-7(4-2-6)15(18)19/h1-4,8,14H,5H2,(H,16,17)/t8-/m0/s1. The minimum Gasteiger partial charge on any atom is -0.480 e. The number of sulfonamides is 1. The van der Waals surface area contributed by atoms with Crippen molar-refractivity contribution in [2.24, 2.45) is 0 Å². The molecule has 1 atom stereocenters. The van der Waals surface area contributed by atoms with E-state index in [4.69, 9.17) is 5.11 Å². The molecule has 0 fully saturated rings. The SMILES string of the molecule is O=C(O)[C@H](Cc1ccc([N+](=O)[O-])cc1)NS(=O)(=O)C(F)(F)F. The Morgan fingerprint density at radius 2 is 1.82 bits per heavy atom. The number of hydrogen-bond acceptors (Lipinski definition) is 5. The van der Waals surface area contributed by atoms with Gasteiger partial charge in [-0.05, 0) is 12.0 Å². The van der Waals surface area contributed by atoms with E-state index in [0.717, 1.165) is 29.0 Å². The molecule has 8 nitrogen and oxygen atoms in total. The van der Waals surface area contributed by atoms with Gasteiger partial charge in [0.05, 0.1) is 4.92 Å². The van der Waals surface area contributed by atoms with Crippen LogP contribution >= 0.6 is 0 Å². The number of halogens is 3. The third-order valence-electron chi connectivity index (χ3n) is 2.49. The number of nitro benzene ring substituents is 1. The molecule has 22 heavy (non-hydrogen) atoms. The number of alkyl halides is 3. The molecule has 0 amide bonds. The number of nitrogens with one attached hydrogen (secondary N) is 1. The van der Waals surface area contributed by atoms with E-state index in [2.05, 4.69) is 0 Å². The first kappa shape index (κ1) is 17.8. The van der Waals surface area contributed by atoms with E-state index < -0.39 is 38.9 Å². The van der Waals surface area contributed by atoms with E-state index in [9.17, 15) is 36.5 Å². The summed E-state index contributed by atoms with van der Waals surface area (Å²) < 4.78 is 59.5. The summed E-state index contributed by atoms with van der Waals surface area (Å²) in [6, 6.07) is 2.22. The molecular formula is C10H9F3N2O6S. The molecule has 0 bridgehead atoms. The van der Waals surface area contributed by atoms with E-state index in [0.29, 0.717) is 0 Å². The molecule has 0 radical (unpaired) electrons. The maximum atomic E-state index is 12.2. The Morgan fingerprint density at radius 1 is 1.32 bits per heavy atom. The van der Waals surface area contributed by atoms with Crippen LogP contribution in [0.1, 0.15) is 5.56 Å². The summed E-state index contributed by atoms with van der Waals surface area (Å²) >= 11 is 0. The van der Waals surface area contributed by atoms with Gasteiger partial charge in [0.2, 0.25) is 0 Å². The largest absolute Gasteiger partial charge is 0.511 e. The van der Waals surface area contributed by atoms with Crippen LogP contribution in [0, 0.1) is 10.1 Å². The van der Waals surface area contributed by atoms with E-state index >= 15 is 0 Å². The molecular weight excluding hydrogens is 333 g/mol. The summed E-state index contributed by atoms with van der Waals surface area (Å²) in [7, 11) is -5.82. The average molecular weight is 342 g/mol. The molecule has 122 valence electrons. The van der Waals surface area contributed by atoms with Gasteiger partial charge in [0, 0.05) is 12.1 Å². The number of non-ortho nitro benzene ring substituents is 1. The van der Waals surface area contributed by atoms with Gasteiger partial charge >= 0.3 is 21.5 Å². The topological polar surface area (TPSA) is 127 Å². The van der Waals surface area contributed by atoms with Gasteiger partial charge in [0.15, 0.2) is 0 Å².